The predicted molar refractivity (Wildman–Crippen MR) is 80.9 cm³/mol. The molecule has 3 atom stereocenters. The van der Waals surface area contributed by atoms with Crippen molar-refractivity contribution in [3.63, 3.8) is 0 Å². The van der Waals surface area contributed by atoms with Crippen LogP contribution in [0.25, 0.3) is 0 Å². The summed E-state index contributed by atoms with van der Waals surface area (Å²) in [5, 5.41) is 18.0. The predicted octanol–water partition coefficient (Wildman–Crippen LogP) is 0.138. The SMILES string of the molecule is CCCCC(=O)OC(CO)COP(=O)(O)OCC(CO)OC(C)=O. The Bertz CT molecular complexity index is 427. The Labute approximate surface area is 140 Å². The van der Waals surface area contributed by atoms with Crippen LogP contribution in [-0.2, 0) is 32.7 Å². The molecule has 0 spiro atoms. The summed E-state index contributed by atoms with van der Waals surface area (Å²) in [6.45, 7) is 0.688. The molecule has 0 saturated heterocycles. The highest BCUT2D eigenvalue weighted by molar-refractivity contribution is 7.47. The normalized spacial score (nSPS) is 16.0. The van der Waals surface area contributed by atoms with Crippen LogP contribution in [-0.4, -0.2) is 65.7 Å². The first-order chi connectivity index (χ1) is 11.2. The molecule has 3 N–H and O–H groups in total. The average Bonchev–Trinajstić information content (AvgIpc) is 2.53. The van der Waals surface area contributed by atoms with Gasteiger partial charge in [-0.25, -0.2) is 4.57 Å². The molecular formula is C13H25O10P. The molecule has 0 bridgehead atoms. The molecule has 0 radical (unpaired) electrons. The fourth-order valence-corrected chi connectivity index (χ4v) is 2.22. The molecule has 0 aromatic carbocycles. The number of aliphatic hydroxyl groups is 2. The monoisotopic (exact) mass is 372 g/mol. The van der Waals surface area contributed by atoms with Gasteiger partial charge in [-0.2, -0.15) is 0 Å². The Kier molecular flexibility index (Phi) is 11.8. The van der Waals surface area contributed by atoms with Crippen molar-refractivity contribution in [3.05, 3.63) is 0 Å². The molecule has 142 valence electrons. The van der Waals surface area contributed by atoms with Gasteiger partial charge in [0.25, 0.3) is 0 Å². The number of carbonyl (C=O) groups is 2. The Morgan fingerprint density at radius 3 is 1.96 bits per heavy atom. The standard InChI is InChI=1S/C13H25O10P/c1-3-4-5-13(17)23-12(7-15)9-21-24(18,19)20-8-11(6-14)22-10(2)16/h11-12,14-15H,3-9H2,1-2H3,(H,18,19). The molecule has 24 heavy (non-hydrogen) atoms. The van der Waals surface area contributed by atoms with Crippen LogP contribution in [0.1, 0.15) is 33.1 Å². The first-order valence-electron chi connectivity index (χ1n) is 7.44. The van der Waals surface area contributed by atoms with Gasteiger partial charge in [-0.3, -0.25) is 18.6 Å². The number of rotatable bonds is 13. The molecule has 0 heterocycles. The fraction of sp³-hybridized carbons (Fsp3) is 0.846. The Morgan fingerprint density at radius 1 is 1.04 bits per heavy atom. The highest BCUT2D eigenvalue weighted by atomic mass is 31.2. The van der Waals surface area contributed by atoms with Crippen molar-refractivity contribution >= 4 is 19.8 Å². The van der Waals surface area contributed by atoms with Gasteiger partial charge in [-0.15, -0.1) is 0 Å². The maximum Gasteiger partial charge on any atom is 0.472 e. The smallest absolute Gasteiger partial charge is 0.458 e. The molecule has 0 aromatic rings. The molecule has 3 unspecified atom stereocenters. The molecule has 0 rings (SSSR count). The third-order valence-corrected chi connectivity index (χ3v) is 3.57. The van der Waals surface area contributed by atoms with Gasteiger partial charge in [-0.1, -0.05) is 13.3 Å². The summed E-state index contributed by atoms with van der Waals surface area (Å²) in [7, 11) is -4.54. The van der Waals surface area contributed by atoms with Crippen molar-refractivity contribution < 1.29 is 47.8 Å². The molecule has 11 heteroatoms. The summed E-state index contributed by atoms with van der Waals surface area (Å²) in [5.41, 5.74) is 0. The van der Waals surface area contributed by atoms with Crippen LogP contribution in [0.5, 0.6) is 0 Å². The zero-order chi connectivity index (χ0) is 18.6. The number of hydrogen-bond donors (Lipinski definition) is 3. The molecular weight excluding hydrogens is 347 g/mol. The zero-order valence-electron chi connectivity index (χ0n) is 13.8. The van der Waals surface area contributed by atoms with Crippen LogP contribution in [0, 0.1) is 0 Å². The maximum absolute atomic E-state index is 11.7. The highest BCUT2D eigenvalue weighted by Gasteiger charge is 2.27. The van der Waals surface area contributed by atoms with Crippen molar-refractivity contribution in [1.82, 2.24) is 0 Å². The summed E-state index contributed by atoms with van der Waals surface area (Å²) in [6, 6.07) is 0. The number of aliphatic hydroxyl groups excluding tert-OH is 2. The molecule has 0 fully saturated rings. The number of unbranched alkanes of at least 4 members (excludes halogenated alkanes) is 1. The molecule has 0 aliphatic carbocycles. The van der Waals surface area contributed by atoms with E-state index in [9.17, 15) is 19.0 Å². The third kappa shape index (κ3) is 11.5. The molecule has 0 aromatic heterocycles. The molecule has 0 saturated carbocycles. The summed E-state index contributed by atoms with van der Waals surface area (Å²) < 4.78 is 30.4. The van der Waals surface area contributed by atoms with Crippen molar-refractivity contribution in [2.45, 2.75) is 45.3 Å². The van der Waals surface area contributed by atoms with Gasteiger partial charge in [-0.05, 0) is 6.42 Å². The second-order valence-corrected chi connectivity index (χ2v) is 6.33. The molecule has 0 aliphatic rings. The number of hydrogen-bond acceptors (Lipinski definition) is 9. The van der Waals surface area contributed by atoms with E-state index in [1.807, 2.05) is 6.92 Å². The van der Waals surface area contributed by atoms with E-state index in [0.29, 0.717) is 6.42 Å². The van der Waals surface area contributed by atoms with E-state index in [1.54, 1.807) is 0 Å². The van der Waals surface area contributed by atoms with E-state index in [2.05, 4.69) is 13.8 Å². The number of carbonyl (C=O) groups excluding carboxylic acids is 2. The Morgan fingerprint density at radius 2 is 1.54 bits per heavy atom. The van der Waals surface area contributed by atoms with Gasteiger partial charge in [0.1, 0.15) is 12.2 Å². The first kappa shape index (κ1) is 23.0. The number of ether oxygens (including phenoxy) is 2. The lowest BCUT2D eigenvalue weighted by atomic mass is 10.2. The van der Waals surface area contributed by atoms with Crippen LogP contribution in [0.2, 0.25) is 0 Å². The minimum atomic E-state index is -4.54. The minimum absolute atomic E-state index is 0.168. The Balaban J connectivity index is 4.29. The topological polar surface area (TPSA) is 149 Å². The van der Waals surface area contributed by atoms with Gasteiger partial charge in [0.05, 0.1) is 26.4 Å². The summed E-state index contributed by atoms with van der Waals surface area (Å²) in [5.74, 6) is -1.24. The molecule has 0 amide bonds. The van der Waals surface area contributed by atoms with Crippen molar-refractivity contribution in [1.29, 1.82) is 0 Å². The van der Waals surface area contributed by atoms with Crippen LogP contribution >= 0.6 is 7.82 Å². The van der Waals surface area contributed by atoms with Gasteiger partial charge in [0, 0.05) is 13.3 Å². The highest BCUT2D eigenvalue weighted by Crippen LogP contribution is 2.43. The van der Waals surface area contributed by atoms with Crippen LogP contribution < -0.4 is 0 Å². The van der Waals surface area contributed by atoms with Gasteiger partial charge < -0.3 is 24.6 Å². The lowest BCUT2D eigenvalue weighted by molar-refractivity contribution is -0.153. The Hall–Kier alpha value is -1.03. The first-order valence-corrected chi connectivity index (χ1v) is 8.93. The number of phosphoric ester groups is 1. The van der Waals surface area contributed by atoms with E-state index >= 15 is 0 Å². The lowest BCUT2D eigenvalue weighted by Gasteiger charge is -2.19. The van der Waals surface area contributed by atoms with Crippen LogP contribution in [0.3, 0.4) is 0 Å². The van der Waals surface area contributed by atoms with Gasteiger partial charge in [0.15, 0.2) is 0 Å². The van der Waals surface area contributed by atoms with Crippen LogP contribution in [0.4, 0.5) is 0 Å². The molecule has 0 aliphatic heterocycles. The summed E-state index contributed by atoms with van der Waals surface area (Å²) in [6.07, 6.45) is -0.643. The quantitative estimate of drug-likeness (QED) is 0.301. The van der Waals surface area contributed by atoms with Gasteiger partial charge in [0.2, 0.25) is 0 Å². The summed E-state index contributed by atoms with van der Waals surface area (Å²) >= 11 is 0. The lowest BCUT2D eigenvalue weighted by Crippen LogP contribution is -2.28. The van der Waals surface area contributed by atoms with E-state index < -0.39 is 58.4 Å². The number of phosphoric acid groups is 1. The van der Waals surface area contributed by atoms with Crippen molar-refractivity contribution in [3.8, 4) is 0 Å². The second-order valence-electron chi connectivity index (χ2n) is 4.87. The van der Waals surface area contributed by atoms with E-state index in [0.717, 1.165) is 13.3 Å². The van der Waals surface area contributed by atoms with Gasteiger partial charge >= 0.3 is 19.8 Å². The van der Waals surface area contributed by atoms with Crippen molar-refractivity contribution in [2.24, 2.45) is 0 Å². The number of esters is 2. The van der Waals surface area contributed by atoms with E-state index in [4.69, 9.17) is 14.9 Å². The zero-order valence-corrected chi connectivity index (χ0v) is 14.6. The largest absolute Gasteiger partial charge is 0.472 e. The third-order valence-electron chi connectivity index (χ3n) is 2.62. The fourth-order valence-electron chi connectivity index (χ4n) is 1.44. The maximum atomic E-state index is 11.7. The average molecular weight is 372 g/mol. The van der Waals surface area contributed by atoms with Crippen LogP contribution in [0.15, 0.2) is 0 Å². The van der Waals surface area contributed by atoms with E-state index in [-0.39, 0.29) is 6.42 Å². The summed E-state index contributed by atoms with van der Waals surface area (Å²) in [4.78, 5) is 31.6. The van der Waals surface area contributed by atoms with Crippen molar-refractivity contribution in [2.75, 3.05) is 26.4 Å². The minimum Gasteiger partial charge on any atom is -0.458 e. The van der Waals surface area contributed by atoms with E-state index in [1.165, 1.54) is 0 Å². The molecule has 10 nitrogen and oxygen atoms in total. The second kappa shape index (κ2) is 12.3.